The van der Waals surface area contributed by atoms with Crippen molar-refractivity contribution in [2.24, 2.45) is 0 Å². The standard InChI is InChI=1S/C69H103F4NO23/c1-76-62-14-12-61(13-15-62)69(59-8-4-2-5-9-59,60-10-6-3-7-11-60)74-17-19-78-21-23-80-25-27-82-29-31-84-33-35-86-37-39-88-41-43-90-45-47-92-49-51-94-53-55-96-57-56-95-54-52-93-50-48-91-46-44-89-42-40-87-38-36-85-34-32-83-30-28-81-26-24-79-22-20-77-18-16-65(75)97-68-66(72)63(70)58-64(71)67(68)73/h2-15,58,74H,16-57H2,1H3. The molecule has 0 aliphatic heterocycles. The summed E-state index contributed by atoms with van der Waals surface area (Å²) >= 11 is 0. The first kappa shape index (κ1) is 84.4. The van der Waals surface area contributed by atoms with Crippen LogP contribution >= 0.6 is 0 Å². The Labute approximate surface area is 568 Å². The molecule has 0 atom stereocenters. The largest absolute Gasteiger partial charge is 0.497 e. The molecule has 0 saturated heterocycles. The summed E-state index contributed by atoms with van der Waals surface area (Å²) in [6, 6.07) is 29.1. The quantitative estimate of drug-likeness (QED) is 0.0125. The summed E-state index contributed by atoms with van der Waals surface area (Å²) in [5.74, 6) is -8.71. The molecule has 0 aliphatic carbocycles. The first-order valence-electron chi connectivity index (χ1n) is 33.0. The van der Waals surface area contributed by atoms with E-state index in [1.54, 1.807) is 7.11 Å². The van der Waals surface area contributed by atoms with E-state index in [9.17, 15) is 22.4 Å². The molecule has 0 unspecified atom stereocenters. The van der Waals surface area contributed by atoms with Gasteiger partial charge in [0.1, 0.15) is 5.75 Å². The van der Waals surface area contributed by atoms with Crippen molar-refractivity contribution in [3.63, 3.8) is 0 Å². The van der Waals surface area contributed by atoms with Crippen LogP contribution in [0.15, 0.2) is 91.0 Å². The lowest BCUT2D eigenvalue weighted by Gasteiger charge is -2.37. The monoisotopic (exact) mass is 1390 g/mol. The lowest BCUT2D eigenvalue weighted by atomic mass is 9.77. The van der Waals surface area contributed by atoms with E-state index >= 15 is 0 Å². The predicted octanol–water partition coefficient (Wildman–Crippen LogP) is 6.46. The second-order valence-corrected chi connectivity index (χ2v) is 20.4. The van der Waals surface area contributed by atoms with Gasteiger partial charge in [-0.3, -0.25) is 10.1 Å². The van der Waals surface area contributed by atoms with Gasteiger partial charge in [0.15, 0.2) is 11.6 Å². The van der Waals surface area contributed by atoms with Crippen LogP contribution in [0.3, 0.4) is 0 Å². The minimum atomic E-state index is -1.80. The number of halogens is 4. The van der Waals surface area contributed by atoms with E-state index in [1.165, 1.54) is 0 Å². The Morgan fingerprint density at radius 1 is 0.309 bits per heavy atom. The third-order valence-electron chi connectivity index (χ3n) is 13.4. The maximum atomic E-state index is 13.6. The van der Waals surface area contributed by atoms with Gasteiger partial charge < -0.3 is 104 Å². The lowest BCUT2D eigenvalue weighted by molar-refractivity contribution is -0.136. The number of ether oxygens (including phenoxy) is 22. The van der Waals surface area contributed by atoms with Crippen LogP contribution in [0.2, 0.25) is 0 Å². The van der Waals surface area contributed by atoms with Gasteiger partial charge in [-0.15, -0.1) is 0 Å². The van der Waals surface area contributed by atoms with Gasteiger partial charge in [0.25, 0.3) is 0 Å². The number of benzene rings is 4. The molecule has 0 amide bonds. The first-order chi connectivity index (χ1) is 47.9. The number of carbonyl (C=O) groups is 1. The molecule has 0 bridgehead atoms. The van der Waals surface area contributed by atoms with E-state index in [4.69, 9.17) is 99.5 Å². The van der Waals surface area contributed by atoms with Crippen LogP contribution in [0.4, 0.5) is 17.6 Å². The number of methoxy groups -OCH3 is 1. The molecule has 0 aromatic heterocycles. The molecule has 0 heterocycles. The van der Waals surface area contributed by atoms with Crippen LogP contribution in [0.1, 0.15) is 23.1 Å². The third kappa shape index (κ3) is 41.4. The van der Waals surface area contributed by atoms with Gasteiger partial charge in [-0.2, -0.15) is 8.78 Å². The highest BCUT2D eigenvalue weighted by Gasteiger charge is 2.36. The molecule has 0 fully saturated rings. The molecule has 0 aliphatic rings. The van der Waals surface area contributed by atoms with Crippen molar-refractivity contribution in [1.29, 1.82) is 0 Å². The van der Waals surface area contributed by atoms with Crippen molar-refractivity contribution in [3.8, 4) is 11.5 Å². The first-order valence-corrected chi connectivity index (χ1v) is 33.0. The SMILES string of the molecule is COc1ccc(C(NCCOCCOCCOCCOCCOCCOCCOCCOCCOCCOCCOCCOCCOCCOCCOCCOCCOCCOCCOCCOCCC(=O)Oc2c(F)c(F)cc(F)c2F)(c2ccccc2)c2ccccc2)cc1. The lowest BCUT2D eigenvalue weighted by Crippen LogP contribution is -2.46. The third-order valence-corrected chi connectivity index (χ3v) is 13.4. The molecule has 4 rings (SSSR count). The summed E-state index contributed by atoms with van der Waals surface area (Å²) < 4.78 is 174. The van der Waals surface area contributed by atoms with E-state index in [1.807, 2.05) is 24.3 Å². The number of hydrogen-bond donors (Lipinski definition) is 1. The molecule has 550 valence electrons. The fraction of sp³-hybridized carbons (Fsp3) is 0.638. The second kappa shape index (κ2) is 59.9. The van der Waals surface area contributed by atoms with Crippen LogP contribution in [0.25, 0.3) is 0 Å². The molecule has 4 aromatic rings. The van der Waals surface area contributed by atoms with Gasteiger partial charge in [-0.05, 0) is 28.8 Å². The number of carbonyl (C=O) groups excluding carboxylic acids is 1. The molecule has 4 aromatic carbocycles. The van der Waals surface area contributed by atoms with Gasteiger partial charge in [-0.25, -0.2) is 8.78 Å². The van der Waals surface area contributed by atoms with Crippen molar-refractivity contribution in [3.05, 3.63) is 131 Å². The number of nitrogens with one attached hydrogen (secondary N) is 1. The minimum absolute atomic E-state index is 0.0171. The maximum absolute atomic E-state index is 13.6. The number of esters is 1. The normalized spacial score (nSPS) is 11.7. The molecule has 28 heteroatoms. The Balaban J connectivity index is 0.740. The van der Waals surface area contributed by atoms with Gasteiger partial charge in [0.2, 0.25) is 17.4 Å². The van der Waals surface area contributed by atoms with E-state index in [0.29, 0.717) is 251 Å². The average molecular weight is 1390 g/mol. The Hall–Kier alpha value is -4.97. The van der Waals surface area contributed by atoms with Crippen LogP contribution in [-0.4, -0.2) is 284 Å². The summed E-state index contributed by atoms with van der Waals surface area (Å²) in [6.07, 6.45) is -0.402. The molecule has 0 radical (unpaired) electrons. The highest BCUT2D eigenvalue weighted by atomic mass is 19.2. The zero-order chi connectivity index (χ0) is 68.8. The topological polar surface area (TPSA) is 232 Å². The van der Waals surface area contributed by atoms with Crippen molar-refractivity contribution in [2.45, 2.75) is 12.0 Å². The molecule has 0 saturated carbocycles. The Morgan fingerprint density at radius 2 is 0.536 bits per heavy atom. The Bertz CT molecular complexity index is 2390. The molecule has 24 nitrogen and oxygen atoms in total. The summed E-state index contributed by atoms with van der Waals surface area (Å²) in [6.45, 7) is 17.3. The summed E-state index contributed by atoms with van der Waals surface area (Å²) in [5.41, 5.74) is 2.79. The highest BCUT2D eigenvalue weighted by molar-refractivity contribution is 5.72. The van der Waals surface area contributed by atoms with Gasteiger partial charge in [0.05, 0.1) is 283 Å². The summed E-state index contributed by atoms with van der Waals surface area (Å²) in [5, 5.41) is 3.83. The van der Waals surface area contributed by atoms with Crippen molar-refractivity contribution < 1.29 is 127 Å². The fourth-order valence-electron chi connectivity index (χ4n) is 8.58. The van der Waals surface area contributed by atoms with Crippen molar-refractivity contribution in [2.75, 3.05) is 278 Å². The van der Waals surface area contributed by atoms with Crippen LogP contribution in [-0.2, 0) is 105 Å². The molecular weight excluding hydrogens is 1290 g/mol. The number of hydrogen-bond acceptors (Lipinski definition) is 24. The van der Waals surface area contributed by atoms with Gasteiger partial charge in [-0.1, -0.05) is 72.8 Å². The van der Waals surface area contributed by atoms with E-state index in [0.717, 1.165) is 22.4 Å². The minimum Gasteiger partial charge on any atom is -0.497 e. The zero-order valence-corrected chi connectivity index (χ0v) is 56.3. The molecule has 0 spiro atoms. The van der Waals surface area contributed by atoms with Crippen LogP contribution in [0, 0.1) is 23.3 Å². The molecular formula is C69H103F4NO23. The van der Waals surface area contributed by atoms with Crippen LogP contribution < -0.4 is 14.8 Å². The maximum Gasteiger partial charge on any atom is 0.313 e. The van der Waals surface area contributed by atoms with E-state index < -0.39 is 46.9 Å². The van der Waals surface area contributed by atoms with E-state index in [2.05, 4.69) is 70.7 Å². The fourth-order valence-corrected chi connectivity index (χ4v) is 8.58. The average Bonchev–Trinajstić information content (AvgIpc) is 0.767. The molecule has 1 N–H and O–H groups in total. The van der Waals surface area contributed by atoms with Crippen molar-refractivity contribution >= 4 is 5.97 Å². The van der Waals surface area contributed by atoms with Crippen LogP contribution in [0.5, 0.6) is 11.5 Å². The smallest absolute Gasteiger partial charge is 0.313 e. The van der Waals surface area contributed by atoms with Crippen molar-refractivity contribution in [1.82, 2.24) is 5.32 Å². The molecule has 97 heavy (non-hydrogen) atoms. The Kier molecular flexibility index (Phi) is 52.1. The predicted molar refractivity (Wildman–Crippen MR) is 347 cm³/mol. The van der Waals surface area contributed by atoms with Gasteiger partial charge in [0, 0.05) is 12.6 Å². The summed E-state index contributed by atoms with van der Waals surface area (Å²) in [7, 11) is 1.68. The van der Waals surface area contributed by atoms with Gasteiger partial charge >= 0.3 is 5.97 Å². The second-order valence-electron chi connectivity index (χ2n) is 20.4. The Morgan fingerprint density at radius 3 is 0.784 bits per heavy atom. The number of rotatable bonds is 69. The zero-order valence-electron chi connectivity index (χ0n) is 56.3. The summed E-state index contributed by atoms with van der Waals surface area (Å²) in [4.78, 5) is 11.7. The highest BCUT2D eigenvalue weighted by Crippen LogP contribution is 2.37. The van der Waals surface area contributed by atoms with E-state index in [-0.39, 0.29) is 25.9 Å².